The number of hydrogen-bond donors (Lipinski definition) is 0. The van der Waals surface area contributed by atoms with Crippen LogP contribution in [0.3, 0.4) is 0 Å². The molecule has 0 aliphatic carbocycles. The Balaban J connectivity index is 1.80. The summed E-state index contributed by atoms with van der Waals surface area (Å²) in [5, 5.41) is 25.9. The maximum Gasteiger partial charge on any atom is 0.270 e. The Labute approximate surface area is 159 Å². The first-order valence-corrected chi connectivity index (χ1v) is 8.11. The fraction of sp³-hybridized carbons (Fsp3) is 0. The number of allylic oxidation sites excluding steroid dienone is 1. The van der Waals surface area contributed by atoms with E-state index < -0.39 is 0 Å². The average molecular weight is 365 g/mol. The van der Waals surface area contributed by atoms with Gasteiger partial charge in [0.2, 0.25) is 0 Å². The molecule has 0 amide bonds. The molecule has 4 rings (SSSR count). The summed E-state index contributed by atoms with van der Waals surface area (Å²) < 4.78 is 3.12. The van der Waals surface area contributed by atoms with E-state index in [0.29, 0.717) is 28.3 Å². The van der Waals surface area contributed by atoms with E-state index in [1.165, 1.54) is 4.68 Å². The lowest BCUT2D eigenvalue weighted by molar-refractivity contribution is 0.814. The summed E-state index contributed by atoms with van der Waals surface area (Å²) in [6.45, 7) is 7.39. The van der Waals surface area contributed by atoms with Gasteiger partial charge in [-0.25, -0.2) is 24.5 Å². The van der Waals surface area contributed by atoms with Gasteiger partial charge in [-0.1, -0.05) is 6.07 Å². The summed E-state index contributed by atoms with van der Waals surface area (Å²) in [6, 6.07) is 10.9. The molecule has 0 N–H and O–H groups in total. The highest BCUT2D eigenvalue weighted by Gasteiger charge is 2.17. The smallest absolute Gasteiger partial charge is 0.237 e. The molecule has 0 aliphatic heterocycles. The standard InChI is InChI=1S/C19H11N9/c1-21-16(9-20)19(14-10-24-27(12-14)17-5-2-3-7-22-17)15-11-25-28(13-15)18-6-4-8-23-26-18/h2-8,10-13H/b19-16-. The highest BCUT2D eigenvalue weighted by atomic mass is 15.3. The van der Waals surface area contributed by atoms with E-state index in [0.717, 1.165) is 0 Å². The zero-order valence-electron chi connectivity index (χ0n) is 14.4. The third-order valence-electron chi connectivity index (χ3n) is 3.87. The SMILES string of the molecule is [C-]#[N+]/C(C#N)=C(/c1cnn(-c2ccccn2)c1)c1cnn(-c2cccnn2)c1. The minimum absolute atomic E-state index is 0.0562. The molecule has 9 nitrogen and oxygen atoms in total. The van der Waals surface area contributed by atoms with Gasteiger partial charge in [0, 0.05) is 41.5 Å². The van der Waals surface area contributed by atoms with Crippen molar-refractivity contribution < 1.29 is 0 Å². The van der Waals surface area contributed by atoms with Crippen molar-refractivity contribution in [2.24, 2.45) is 0 Å². The molecule has 0 aromatic carbocycles. The van der Waals surface area contributed by atoms with Crippen LogP contribution < -0.4 is 0 Å². The molecule has 4 aromatic heterocycles. The van der Waals surface area contributed by atoms with Gasteiger partial charge in [-0.15, -0.1) is 5.10 Å². The molecule has 0 atom stereocenters. The lowest BCUT2D eigenvalue weighted by Gasteiger charge is -2.03. The molecule has 28 heavy (non-hydrogen) atoms. The fourth-order valence-corrected chi connectivity index (χ4v) is 2.64. The van der Waals surface area contributed by atoms with Crippen molar-refractivity contribution >= 4 is 5.57 Å². The van der Waals surface area contributed by atoms with E-state index in [9.17, 15) is 5.26 Å². The lowest BCUT2D eigenvalue weighted by atomic mass is 10.0. The third kappa shape index (κ3) is 3.11. The number of nitrogens with zero attached hydrogens (tertiary/aromatic N) is 9. The van der Waals surface area contributed by atoms with Crippen LogP contribution in [0, 0.1) is 17.9 Å². The molecule has 0 saturated carbocycles. The van der Waals surface area contributed by atoms with Crippen molar-refractivity contribution in [3.05, 3.63) is 95.8 Å². The molecule has 0 bridgehead atoms. The van der Waals surface area contributed by atoms with Crippen LogP contribution in [0.5, 0.6) is 0 Å². The molecular weight excluding hydrogens is 354 g/mol. The Hall–Kier alpha value is -4.63. The summed E-state index contributed by atoms with van der Waals surface area (Å²) in [4.78, 5) is 7.63. The Bertz CT molecular complexity index is 1130. The maximum atomic E-state index is 9.46. The molecule has 4 heterocycles. The second-order valence-electron chi connectivity index (χ2n) is 5.56. The minimum Gasteiger partial charge on any atom is -0.237 e. The number of nitriles is 1. The van der Waals surface area contributed by atoms with E-state index in [1.54, 1.807) is 54.0 Å². The second-order valence-corrected chi connectivity index (χ2v) is 5.56. The number of pyridine rings is 1. The average Bonchev–Trinajstić information content (AvgIpc) is 3.43. The van der Waals surface area contributed by atoms with E-state index in [2.05, 4.69) is 30.2 Å². The van der Waals surface area contributed by atoms with Gasteiger partial charge in [0.15, 0.2) is 11.6 Å². The molecule has 0 fully saturated rings. The summed E-state index contributed by atoms with van der Waals surface area (Å²) in [5.41, 5.74) is 1.59. The van der Waals surface area contributed by atoms with Crippen LogP contribution in [-0.2, 0) is 0 Å². The van der Waals surface area contributed by atoms with E-state index >= 15 is 0 Å². The van der Waals surface area contributed by atoms with Crippen LogP contribution in [0.4, 0.5) is 0 Å². The molecule has 0 aliphatic rings. The van der Waals surface area contributed by atoms with Crippen LogP contribution in [-0.4, -0.2) is 34.7 Å². The van der Waals surface area contributed by atoms with Crippen molar-refractivity contribution in [3.8, 4) is 17.7 Å². The van der Waals surface area contributed by atoms with Crippen LogP contribution in [0.2, 0.25) is 0 Å². The second kappa shape index (κ2) is 7.32. The van der Waals surface area contributed by atoms with Crippen LogP contribution in [0.15, 0.2) is 73.2 Å². The molecule has 132 valence electrons. The molecular formula is C19H11N9. The zero-order chi connectivity index (χ0) is 19.3. The van der Waals surface area contributed by atoms with Gasteiger partial charge in [0.05, 0.1) is 25.0 Å². The van der Waals surface area contributed by atoms with E-state index in [-0.39, 0.29) is 5.70 Å². The number of hydrogen-bond acceptors (Lipinski definition) is 6. The summed E-state index contributed by atoms with van der Waals surface area (Å²) >= 11 is 0. The molecule has 0 spiro atoms. The molecule has 4 aromatic rings. The normalized spacial score (nSPS) is 11.4. The minimum atomic E-state index is -0.0562. The number of aromatic nitrogens is 7. The Kier molecular flexibility index (Phi) is 4.39. The predicted molar refractivity (Wildman–Crippen MR) is 98.8 cm³/mol. The summed E-state index contributed by atoms with van der Waals surface area (Å²) in [6.07, 6.45) is 9.81. The Morgan fingerprint density at radius 2 is 1.68 bits per heavy atom. The van der Waals surface area contributed by atoms with Gasteiger partial charge < -0.3 is 0 Å². The van der Waals surface area contributed by atoms with Crippen LogP contribution >= 0.6 is 0 Å². The summed E-state index contributed by atoms with van der Waals surface area (Å²) in [7, 11) is 0. The molecule has 0 radical (unpaired) electrons. The van der Waals surface area contributed by atoms with E-state index in [1.807, 2.05) is 24.3 Å². The number of rotatable bonds is 4. The first-order valence-electron chi connectivity index (χ1n) is 8.11. The fourth-order valence-electron chi connectivity index (χ4n) is 2.64. The van der Waals surface area contributed by atoms with Crippen molar-refractivity contribution in [3.63, 3.8) is 0 Å². The molecule has 0 saturated heterocycles. The lowest BCUT2D eigenvalue weighted by Crippen LogP contribution is -1.98. The zero-order valence-corrected chi connectivity index (χ0v) is 14.4. The van der Waals surface area contributed by atoms with Crippen molar-refractivity contribution in [1.29, 1.82) is 5.26 Å². The van der Waals surface area contributed by atoms with Gasteiger partial charge >= 0.3 is 0 Å². The van der Waals surface area contributed by atoms with Crippen molar-refractivity contribution in [2.75, 3.05) is 0 Å². The topological polar surface area (TPSA) is 102 Å². The highest BCUT2D eigenvalue weighted by molar-refractivity contribution is 5.84. The Morgan fingerprint density at radius 1 is 0.964 bits per heavy atom. The van der Waals surface area contributed by atoms with Gasteiger partial charge in [0.1, 0.15) is 0 Å². The van der Waals surface area contributed by atoms with E-state index in [4.69, 9.17) is 6.57 Å². The van der Waals surface area contributed by atoms with Gasteiger partial charge in [-0.3, -0.25) is 0 Å². The van der Waals surface area contributed by atoms with Crippen molar-refractivity contribution in [2.45, 2.75) is 0 Å². The molecule has 9 heteroatoms. The summed E-state index contributed by atoms with van der Waals surface area (Å²) in [5.74, 6) is 1.16. The predicted octanol–water partition coefficient (Wildman–Crippen LogP) is 2.45. The Morgan fingerprint density at radius 3 is 2.25 bits per heavy atom. The maximum absolute atomic E-state index is 9.46. The van der Waals surface area contributed by atoms with Gasteiger partial charge in [-0.05, 0) is 24.3 Å². The highest BCUT2D eigenvalue weighted by Crippen LogP contribution is 2.28. The van der Waals surface area contributed by atoms with Gasteiger partial charge in [-0.2, -0.15) is 15.3 Å². The van der Waals surface area contributed by atoms with Crippen LogP contribution in [0.1, 0.15) is 11.1 Å². The first kappa shape index (κ1) is 16.8. The van der Waals surface area contributed by atoms with Crippen molar-refractivity contribution in [1.82, 2.24) is 34.7 Å². The largest absolute Gasteiger partial charge is 0.270 e. The van der Waals surface area contributed by atoms with Gasteiger partial charge in [0.25, 0.3) is 5.70 Å². The monoisotopic (exact) mass is 365 g/mol. The molecule has 0 unspecified atom stereocenters. The first-order chi connectivity index (χ1) is 13.8. The van der Waals surface area contributed by atoms with Crippen LogP contribution in [0.25, 0.3) is 22.1 Å². The quantitative estimate of drug-likeness (QED) is 0.406. The third-order valence-corrected chi connectivity index (χ3v) is 3.87.